The van der Waals surface area contributed by atoms with E-state index in [4.69, 9.17) is 5.26 Å². The first-order valence-corrected chi connectivity index (χ1v) is 7.58. The summed E-state index contributed by atoms with van der Waals surface area (Å²) in [5, 5.41) is 21.9. The molecular weight excluding hydrogens is 306 g/mol. The number of benzene rings is 1. The summed E-state index contributed by atoms with van der Waals surface area (Å²) >= 11 is 0. The Balaban J connectivity index is 2.22. The number of ketones is 1. The summed E-state index contributed by atoms with van der Waals surface area (Å²) < 4.78 is 0. The van der Waals surface area contributed by atoms with Crippen molar-refractivity contribution in [3.05, 3.63) is 57.9 Å². The lowest BCUT2D eigenvalue weighted by atomic mass is 9.77. The molecule has 2 N–H and O–H groups in total. The molecule has 1 unspecified atom stereocenters. The normalized spacial score (nSPS) is 21.2. The van der Waals surface area contributed by atoms with Crippen LogP contribution in [0.4, 0.5) is 0 Å². The van der Waals surface area contributed by atoms with Gasteiger partial charge in [-0.05, 0) is 31.7 Å². The number of aliphatic carboxylic acids is 1. The summed E-state index contributed by atoms with van der Waals surface area (Å²) in [6.45, 7) is 2.51. The molecule has 3 rings (SSSR count). The van der Waals surface area contributed by atoms with Gasteiger partial charge in [0, 0.05) is 29.4 Å². The molecule has 24 heavy (non-hydrogen) atoms. The van der Waals surface area contributed by atoms with Crippen LogP contribution in [0.1, 0.15) is 24.0 Å². The van der Waals surface area contributed by atoms with E-state index in [0.29, 0.717) is 28.9 Å². The highest BCUT2D eigenvalue weighted by Crippen LogP contribution is 2.40. The summed E-state index contributed by atoms with van der Waals surface area (Å²) in [6, 6.07) is 8.86. The number of allylic oxidation sites excluding steroid dienone is 1. The maximum absolute atomic E-state index is 12.6. The number of nitrogens with one attached hydrogen (secondary N) is 1. The van der Waals surface area contributed by atoms with Crippen LogP contribution >= 0.6 is 0 Å². The summed E-state index contributed by atoms with van der Waals surface area (Å²) in [4.78, 5) is 26.4. The van der Waals surface area contributed by atoms with E-state index in [9.17, 15) is 14.7 Å². The number of dihydropyridines is 1. The molecule has 2 aliphatic rings. The first-order chi connectivity index (χ1) is 11.4. The minimum atomic E-state index is -1.06. The Hall–Kier alpha value is -2.91. The topological polar surface area (TPSA) is 93.4 Å². The van der Waals surface area contributed by atoms with Gasteiger partial charge in [-0.15, -0.1) is 0 Å². The lowest BCUT2D eigenvalue weighted by Gasteiger charge is -2.36. The van der Waals surface area contributed by atoms with Crippen LogP contribution in [-0.4, -0.2) is 41.9 Å². The highest BCUT2D eigenvalue weighted by atomic mass is 16.4. The molecule has 0 saturated carbocycles. The smallest absolute Gasteiger partial charge is 0.334 e. The van der Waals surface area contributed by atoms with E-state index in [1.54, 1.807) is 31.2 Å². The first kappa shape index (κ1) is 16.0. The number of Topliss-reactive ketones (excluding diaryl/α,β-unsaturated/α-hetero) is 1. The van der Waals surface area contributed by atoms with Crippen LogP contribution in [0.5, 0.6) is 0 Å². The zero-order chi connectivity index (χ0) is 17.4. The lowest BCUT2D eigenvalue weighted by molar-refractivity contribution is -0.133. The van der Waals surface area contributed by atoms with Crippen molar-refractivity contribution in [2.75, 3.05) is 20.1 Å². The average molecular weight is 323 g/mol. The second kappa shape index (κ2) is 5.95. The molecule has 1 aromatic carbocycles. The molecule has 1 aromatic rings. The predicted molar refractivity (Wildman–Crippen MR) is 86.9 cm³/mol. The molecule has 6 heteroatoms. The molecule has 0 aliphatic carbocycles. The zero-order valence-electron chi connectivity index (χ0n) is 13.5. The number of hydrogen-bond donors (Lipinski definition) is 2. The number of nitriles is 1. The van der Waals surface area contributed by atoms with Crippen molar-refractivity contribution in [1.29, 1.82) is 5.26 Å². The highest BCUT2D eigenvalue weighted by Gasteiger charge is 2.39. The first-order valence-electron chi connectivity index (χ1n) is 7.58. The van der Waals surface area contributed by atoms with Crippen molar-refractivity contribution in [2.45, 2.75) is 12.8 Å². The molecule has 0 saturated heterocycles. The van der Waals surface area contributed by atoms with Gasteiger partial charge in [-0.2, -0.15) is 5.26 Å². The zero-order valence-corrected chi connectivity index (χ0v) is 13.5. The van der Waals surface area contributed by atoms with E-state index in [2.05, 4.69) is 11.4 Å². The van der Waals surface area contributed by atoms with Crippen LogP contribution in [-0.2, 0) is 9.59 Å². The summed E-state index contributed by atoms with van der Waals surface area (Å²) in [5.41, 5.74) is 3.00. The van der Waals surface area contributed by atoms with Gasteiger partial charge in [-0.25, -0.2) is 4.79 Å². The van der Waals surface area contributed by atoms with Crippen molar-refractivity contribution in [2.24, 2.45) is 0 Å². The van der Waals surface area contributed by atoms with Crippen LogP contribution in [0, 0.1) is 11.3 Å². The van der Waals surface area contributed by atoms with Gasteiger partial charge in [0.15, 0.2) is 5.78 Å². The van der Waals surface area contributed by atoms with Gasteiger partial charge < -0.3 is 10.4 Å². The van der Waals surface area contributed by atoms with Crippen LogP contribution in [0.2, 0.25) is 0 Å². The summed E-state index contributed by atoms with van der Waals surface area (Å²) in [7, 11) is 1.85. The fourth-order valence-corrected chi connectivity index (χ4v) is 3.41. The van der Waals surface area contributed by atoms with E-state index in [-0.39, 0.29) is 17.9 Å². The quantitative estimate of drug-likeness (QED) is 0.854. The molecule has 2 heterocycles. The Bertz CT molecular complexity index is 845. The number of carbonyl (C=O) groups is 2. The van der Waals surface area contributed by atoms with E-state index < -0.39 is 11.9 Å². The third kappa shape index (κ3) is 2.59. The number of hydrogen-bond acceptors (Lipinski definition) is 5. The highest BCUT2D eigenvalue weighted by molar-refractivity contribution is 6.04. The van der Waals surface area contributed by atoms with Gasteiger partial charge in [0.1, 0.15) is 0 Å². The number of rotatable bonds is 2. The molecule has 6 nitrogen and oxygen atoms in total. The largest absolute Gasteiger partial charge is 0.478 e. The van der Waals surface area contributed by atoms with E-state index in [1.165, 1.54) is 0 Å². The van der Waals surface area contributed by atoms with Crippen LogP contribution < -0.4 is 5.32 Å². The minimum Gasteiger partial charge on any atom is -0.478 e. The second-order valence-corrected chi connectivity index (χ2v) is 6.13. The standard InChI is InChI=1S/C18H17N3O3/c1-10-15(18(23)24)16(12-5-3-4-11(6-12)7-19)17-13(20-10)8-21(2)9-14(17)22/h3-6,16,20H,8-9H2,1-2H3,(H,23,24). The van der Waals surface area contributed by atoms with Crippen LogP contribution in [0.15, 0.2) is 46.8 Å². The summed E-state index contributed by atoms with van der Waals surface area (Å²) in [6.07, 6.45) is 0. The Kier molecular flexibility index (Phi) is 3.96. The van der Waals surface area contributed by atoms with E-state index in [0.717, 1.165) is 5.70 Å². The molecule has 2 aliphatic heterocycles. The molecule has 122 valence electrons. The van der Waals surface area contributed by atoms with Crippen molar-refractivity contribution in [3.63, 3.8) is 0 Å². The number of likely N-dealkylation sites (N-methyl/N-ethyl adjacent to an activating group) is 1. The number of carboxylic acid groups (broad SMARTS) is 1. The third-order valence-electron chi connectivity index (χ3n) is 4.37. The SMILES string of the molecule is CC1=C(C(=O)O)C(c2cccc(C#N)c2)C2=C(CN(C)CC2=O)N1. The maximum atomic E-state index is 12.6. The van der Waals surface area contributed by atoms with Crippen LogP contribution in [0.3, 0.4) is 0 Å². The summed E-state index contributed by atoms with van der Waals surface area (Å²) in [5.74, 6) is -1.82. The molecule has 0 fully saturated rings. The van der Waals surface area contributed by atoms with Gasteiger partial charge in [0.2, 0.25) is 0 Å². The fraction of sp³-hybridized carbons (Fsp3) is 0.278. The monoisotopic (exact) mass is 323 g/mol. The van der Waals surface area contributed by atoms with Gasteiger partial charge in [-0.3, -0.25) is 9.69 Å². The van der Waals surface area contributed by atoms with E-state index in [1.807, 2.05) is 11.9 Å². The van der Waals surface area contributed by atoms with Crippen molar-refractivity contribution in [3.8, 4) is 6.07 Å². The molecule has 0 radical (unpaired) electrons. The van der Waals surface area contributed by atoms with Gasteiger partial charge in [-0.1, -0.05) is 12.1 Å². The third-order valence-corrected chi connectivity index (χ3v) is 4.37. The molecule has 0 amide bonds. The molecule has 1 atom stereocenters. The fourth-order valence-electron chi connectivity index (χ4n) is 3.41. The molecule has 0 aromatic heterocycles. The molecule has 0 spiro atoms. The van der Waals surface area contributed by atoms with Crippen molar-refractivity contribution in [1.82, 2.24) is 10.2 Å². The maximum Gasteiger partial charge on any atom is 0.334 e. The van der Waals surface area contributed by atoms with Gasteiger partial charge in [0.25, 0.3) is 0 Å². The number of carbonyl (C=O) groups excluding carboxylic acids is 1. The minimum absolute atomic E-state index is 0.0927. The average Bonchev–Trinajstić information content (AvgIpc) is 2.52. The number of carboxylic acids is 1. The predicted octanol–water partition coefficient (Wildman–Crippen LogP) is 1.37. The Morgan fingerprint density at radius 3 is 2.83 bits per heavy atom. The Labute approximate surface area is 139 Å². The van der Waals surface area contributed by atoms with Gasteiger partial charge >= 0.3 is 5.97 Å². The second-order valence-electron chi connectivity index (χ2n) is 6.13. The van der Waals surface area contributed by atoms with Crippen molar-refractivity contribution < 1.29 is 14.7 Å². The molecular formula is C18H17N3O3. The lowest BCUT2D eigenvalue weighted by Crippen LogP contribution is -2.43. The Morgan fingerprint density at radius 2 is 2.17 bits per heavy atom. The molecule has 0 bridgehead atoms. The van der Waals surface area contributed by atoms with E-state index >= 15 is 0 Å². The van der Waals surface area contributed by atoms with Crippen molar-refractivity contribution >= 4 is 11.8 Å². The Morgan fingerprint density at radius 1 is 1.42 bits per heavy atom. The number of nitrogens with zero attached hydrogens (tertiary/aromatic N) is 2. The van der Waals surface area contributed by atoms with Gasteiger partial charge in [0.05, 0.1) is 23.8 Å². The van der Waals surface area contributed by atoms with Crippen LogP contribution in [0.25, 0.3) is 0 Å².